The molecule has 1 fully saturated rings. The first kappa shape index (κ1) is 16.0. The number of aliphatic imine (C=N–C) groups is 1. The monoisotopic (exact) mass is 339 g/mol. The van der Waals surface area contributed by atoms with Crippen LogP contribution in [0, 0.1) is 5.92 Å². The Labute approximate surface area is 146 Å². The van der Waals surface area contributed by atoms with E-state index in [4.69, 9.17) is 9.26 Å². The molecule has 0 bridgehead atoms. The van der Waals surface area contributed by atoms with E-state index in [1.165, 1.54) is 12.8 Å². The SMILES string of the molecule is CC1CCN(Cc2cc(COc3cccc4c3C=NC4=O)on2)CC1. The number of carbonyl (C=O) groups excluding carboxylic acids is 1. The molecule has 6 heteroatoms. The first-order valence-electron chi connectivity index (χ1n) is 8.70. The minimum atomic E-state index is -0.224. The highest BCUT2D eigenvalue weighted by Gasteiger charge is 2.20. The molecule has 0 atom stereocenters. The molecular weight excluding hydrogens is 318 g/mol. The summed E-state index contributed by atoms with van der Waals surface area (Å²) in [5.41, 5.74) is 2.24. The van der Waals surface area contributed by atoms with Crippen molar-refractivity contribution in [2.75, 3.05) is 13.1 Å². The minimum absolute atomic E-state index is 0.224. The van der Waals surface area contributed by atoms with Gasteiger partial charge in [-0.05, 0) is 44.0 Å². The quantitative estimate of drug-likeness (QED) is 0.837. The second-order valence-corrected chi connectivity index (χ2v) is 6.81. The van der Waals surface area contributed by atoms with Crippen LogP contribution in [0.1, 0.15) is 47.1 Å². The highest BCUT2D eigenvalue weighted by Crippen LogP contribution is 2.26. The predicted octanol–water partition coefficient (Wildman–Crippen LogP) is 3.06. The van der Waals surface area contributed by atoms with Crippen molar-refractivity contribution in [1.29, 1.82) is 0 Å². The average Bonchev–Trinajstić information content (AvgIpc) is 3.22. The van der Waals surface area contributed by atoms with Crippen molar-refractivity contribution in [2.24, 2.45) is 10.9 Å². The van der Waals surface area contributed by atoms with Crippen molar-refractivity contribution in [3.05, 3.63) is 46.8 Å². The minimum Gasteiger partial charge on any atom is -0.485 e. The molecule has 2 aliphatic heterocycles. The molecule has 25 heavy (non-hydrogen) atoms. The number of fused-ring (bicyclic) bond motifs is 1. The van der Waals surface area contributed by atoms with E-state index in [2.05, 4.69) is 22.0 Å². The van der Waals surface area contributed by atoms with E-state index in [0.717, 1.165) is 36.8 Å². The number of likely N-dealkylation sites (tertiary alicyclic amines) is 1. The summed E-state index contributed by atoms with van der Waals surface area (Å²) < 4.78 is 11.2. The molecule has 0 N–H and O–H groups in total. The van der Waals surface area contributed by atoms with Gasteiger partial charge in [-0.15, -0.1) is 0 Å². The van der Waals surface area contributed by atoms with E-state index in [1.807, 2.05) is 12.1 Å². The van der Waals surface area contributed by atoms with Gasteiger partial charge in [-0.2, -0.15) is 0 Å². The van der Waals surface area contributed by atoms with E-state index in [-0.39, 0.29) is 12.5 Å². The first-order chi connectivity index (χ1) is 12.2. The standard InChI is InChI=1S/C19H21N3O3/c1-13-5-7-22(8-6-13)11-14-9-15(25-21-14)12-24-18-4-2-3-16-17(18)10-20-19(16)23/h2-4,9-10,13H,5-8,11-12H2,1H3. The van der Waals surface area contributed by atoms with Crippen LogP contribution in [0.25, 0.3) is 0 Å². The number of rotatable bonds is 5. The Morgan fingerprint density at radius 3 is 3.00 bits per heavy atom. The molecule has 1 amide bonds. The van der Waals surface area contributed by atoms with Gasteiger partial charge in [0, 0.05) is 24.4 Å². The number of hydrogen-bond acceptors (Lipinski definition) is 5. The Morgan fingerprint density at radius 1 is 1.32 bits per heavy atom. The number of benzene rings is 1. The second kappa shape index (κ2) is 6.80. The summed E-state index contributed by atoms with van der Waals surface area (Å²) in [6.07, 6.45) is 4.04. The zero-order valence-corrected chi connectivity index (χ0v) is 14.3. The van der Waals surface area contributed by atoms with Gasteiger partial charge in [-0.25, -0.2) is 4.99 Å². The maximum Gasteiger partial charge on any atom is 0.277 e. The van der Waals surface area contributed by atoms with Gasteiger partial charge >= 0.3 is 0 Å². The van der Waals surface area contributed by atoms with Gasteiger partial charge in [0.2, 0.25) is 0 Å². The van der Waals surface area contributed by atoms with Gasteiger partial charge in [0.25, 0.3) is 5.91 Å². The molecule has 2 aliphatic rings. The topological polar surface area (TPSA) is 67.9 Å². The molecule has 0 aliphatic carbocycles. The fourth-order valence-electron chi connectivity index (χ4n) is 3.28. The molecule has 4 rings (SSSR count). The number of carbonyl (C=O) groups is 1. The Balaban J connectivity index is 1.36. The van der Waals surface area contributed by atoms with Crippen LogP contribution in [0.3, 0.4) is 0 Å². The van der Waals surface area contributed by atoms with Crippen LogP contribution in [0.5, 0.6) is 5.75 Å². The molecule has 0 radical (unpaired) electrons. The lowest BCUT2D eigenvalue weighted by Gasteiger charge is -2.29. The second-order valence-electron chi connectivity index (χ2n) is 6.81. The number of amides is 1. The summed E-state index contributed by atoms with van der Waals surface area (Å²) in [6, 6.07) is 7.32. The Kier molecular flexibility index (Phi) is 4.36. The van der Waals surface area contributed by atoms with E-state index >= 15 is 0 Å². The van der Waals surface area contributed by atoms with E-state index < -0.39 is 0 Å². The molecule has 1 aromatic carbocycles. The van der Waals surface area contributed by atoms with Gasteiger partial charge < -0.3 is 9.26 Å². The molecule has 2 aromatic rings. The van der Waals surface area contributed by atoms with Crippen molar-refractivity contribution in [3.8, 4) is 5.75 Å². The first-order valence-corrected chi connectivity index (χ1v) is 8.70. The zero-order chi connectivity index (χ0) is 17.2. The summed E-state index contributed by atoms with van der Waals surface area (Å²) in [7, 11) is 0. The molecule has 0 spiro atoms. The fourth-order valence-corrected chi connectivity index (χ4v) is 3.28. The summed E-state index contributed by atoms with van der Waals surface area (Å²) >= 11 is 0. The van der Waals surface area contributed by atoms with E-state index in [0.29, 0.717) is 17.1 Å². The molecule has 6 nitrogen and oxygen atoms in total. The number of nitrogens with zero attached hydrogens (tertiary/aromatic N) is 3. The van der Waals surface area contributed by atoms with Gasteiger partial charge in [0.1, 0.15) is 12.4 Å². The molecule has 130 valence electrons. The summed E-state index contributed by atoms with van der Waals surface area (Å²) in [4.78, 5) is 17.8. The van der Waals surface area contributed by atoms with Gasteiger partial charge in [-0.1, -0.05) is 18.1 Å². The van der Waals surface area contributed by atoms with Crippen LogP contribution < -0.4 is 4.74 Å². The van der Waals surface area contributed by atoms with Crippen LogP contribution in [-0.4, -0.2) is 35.3 Å². The molecular formula is C19H21N3O3. The number of aromatic nitrogens is 1. The number of hydrogen-bond donors (Lipinski definition) is 0. The van der Waals surface area contributed by atoms with E-state index in [9.17, 15) is 4.79 Å². The van der Waals surface area contributed by atoms with Gasteiger partial charge in [0.05, 0.1) is 11.3 Å². The number of ether oxygens (including phenoxy) is 1. The van der Waals surface area contributed by atoms with Crippen molar-refractivity contribution in [3.63, 3.8) is 0 Å². The molecule has 1 aromatic heterocycles. The van der Waals surface area contributed by atoms with Gasteiger partial charge in [-0.3, -0.25) is 9.69 Å². The Morgan fingerprint density at radius 2 is 2.16 bits per heavy atom. The number of piperidine rings is 1. The molecule has 3 heterocycles. The maximum absolute atomic E-state index is 11.6. The summed E-state index contributed by atoms with van der Waals surface area (Å²) in [5, 5.41) is 4.15. The van der Waals surface area contributed by atoms with Crippen molar-refractivity contribution < 1.29 is 14.1 Å². The van der Waals surface area contributed by atoms with Crippen LogP contribution in [0.15, 0.2) is 33.8 Å². The molecule has 1 saturated heterocycles. The Hall–Kier alpha value is -2.47. The van der Waals surface area contributed by atoms with Crippen LogP contribution in [0.2, 0.25) is 0 Å². The third-order valence-electron chi connectivity index (χ3n) is 4.85. The third-order valence-corrected chi connectivity index (χ3v) is 4.85. The zero-order valence-electron chi connectivity index (χ0n) is 14.3. The highest BCUT2D eigenvalue weighted by atomic mass is 16.5. The summed E-state index contributed by atoms with van der Waals surface area (Å²) in [6.45, 7) is 5.63. The normalized spacial score (nSPS) is 17.9. The largest absolute Gasteiger partial charge is 0.485 e. The lowest BCUT2D eigenvalue weighted by molar-refractivity contribution is 0.101. The smallest absolute Gasteiger partial charge is 0.277 e. The van der Waals surface area contributed by atoms with Crippen LogP contribution in [0.4, 0.5) is 0 Å². The molecule has 0 saturated carbocycles. The maximum atomic E-state index is 11.6. The van der Waals surface area contributed by atoms with Crippen LogP contribution >= 0.6 is 0 Å². The third kappa shape index (κ3) is 3.49. The van der Waals surface area contributed by atoms with E-state index in [1.54, 1.807) is 18.3 Å². The Bertz CT molecular complexity index is 804. The van der Waals surface area contributed by atoms with Gasteiger partial charge in [0.15, 0.2) is 5.76 Å². The summed E-state index contributed by atoms with van der Waals surface area (Å²) in [5.74, 6) is 1.91. The molecule has 0 unspecified atom stereocenters. The van der Waals surface area contributed by atoms with Crippen molar-refractivity contribution in [1.82, 2.24) is 10.1 Å². The van der Waals surface area contributed by atoms with Crippen molar-refractivity contribution >= 4 is 12.1 Å². The fraction of sp³-hybridized carbons (Fsp3) is 0.421. The highest BCUT2D eigenvalue weighted by molar-refractivity contribution is 6.14. The lowest BCUT2D eigenvalue weighted by Crippen LogP contribution is -2.32. The predicted molar refractivity (Wildman–Crippen MR) is 92.9 cm³/mol. The van der Waals surface area contributed by atoms with Crippen LogP contribution in [-0.2, 0) is 13.2 Å². The average molecular weight is 339 g/mol. The van der Waals surface area contributed by atoms with Crippen molar-refractivity contribution in [2.45, 2.75) is 32.9 Å². The lowest BCUT2D eigenvalue weighted by atomic mass is 9.99.